The maximum atomic E-state index is 12.6. The van der Waals surface area contributed by atoms with E-state index in [1.165, 1.54) is 0 Å². The van der Waals surface area contributed by atoms with Gasteiger partial charge in [-0.2, -0.15) is 0 Å². The van der Waals surface area contributed by atoms with Gasteiger partial charge in [-0.3, -0.25) is 4.79 Å². The number of benzene rings is 1. The zero-order valence-corrected chi connectivity index (χ0v) is 16.0. The molecule has 2 saturated carbocycles. The minimum Gasteiger partial charge on any atom is -0.391 e. The number of likely N-dealkylation sites (tertiary alicyclic amines) is 1. The first kappa shape index (κ1) is 17.9. The van der Waals surface area contributed by atoms with Crippen LogP contribution in [0.25, 0.3) is 0 Å². The summed E-state index contributed by atoms with van der Waals surface area (Å²) < 4.78 is 27.4. The highest BCUT2D eigenvalue weighted by Gasteiger charge is 2.59. The number of fused-ring (bicyclic) bond motifs is 1. The first-order chi connectivity index (χ1) is 12.3. The topological polar surface area (TPSA) is 86.7 Å². The molecule has 1 aliphatic heterocycles. The van der Waals surface area contributed by atoms with Crippen molar-refractivity contribution in [2.75, 3.05) is 13.1 Å². The van der Waals surface area contributed by atoms with E-state index in [4.69, 9.17) is 0 Å². The first-order valence-electron chi connectivity index (χ1n) is 9.32. The number of aliphatic hydroxyl groups is 1. The summed E-state index contributed by atoms with van der Waals surface area (Å²) in [4.78, 5) is 14.6. The minimum atomic E-state index is -3.62. The Morgan fingerprint density at radius 1 is 1.23 bits per heavy atom. The van der Waals surface area contributed by atoms with Crippen LogP contribution < -0.4 is 4.72 Å². The molecule has 1 saturated heterocycles. The molecule has 1 amide bonds. The molecule has 5 atom stereocenters. The number of nitrogens with zero attached hydrogens (tertiary/aromatic N) is 1. The molecule has 7 heteroatoms. The van der Waals surface area contributed by atoms with Gasteiger partial charge in [0, 0.05) is 19.5 Å². The molecule has 142 valence electrons. The van der Waals surface area contributed by atoms with Gasteiger partial charge in [0.15, 0.2) is 0 Å². The number of rotatable bonds is 5. The van der Waals surface area contributed by atoms with Gasteiger partial charge < -0.3 is 10.0 Å². The lowest BCUT2D eigenvalue weighted by Gasteiger charge is -2.29. The Kier molecular flexibility index (Phi) is 4.36. The molecule has 3 aliphatic rings. The van der Waals surface area contributed by atoms with Gasteiger partial charge in [-0.1, -0.05) is 6.07 Å². The van der Waals surface area contributed by atoms with Crippen LogP contribution in [0, 0.1) is 31.6 Å². The van der Waals surface area contributed by atoms with Crippen molar-refractivity contribution in [2.24, 2.45) is 17.8 Å². The van der Waals surface area contributed by atoms with Crippen LogP contribution >= 0.6 is 0 Å². The van der Waals surface area contributed by atoms with Crippen LogP contribution in [0.1, 0.15) is 30.4 Å². The van der Waals surface area contributed by atoms with E-state index in [0.717, 1.165) is 24.0 Å². The molecule has 0 radical (unpaired) electrons. The van der Waals surface area contributed by atoms with Crippen LogP contribution in [0.5, 0.6) is 0 Å². The third-order valence-corrected chi connectivity index (χ3v) is 8.05. The SMILES string of the molecule is Cc1ccc(S(=O)(=O)NCCC(=O)N2C[C@@H]3C[C@H]4C[C@H]3[C@H]2[C@@H]4O)cc1C. The number of amides is 1. The quantitative estimate of drug-likeness (QED) is 0.806. The summed E-state index contributed by atoms with van der Waals surface area (Å²) in [5, 5.41) is 10.4. The van der Waals surface area contributed by atoms with E-state index in [9.17, 15) is 18.3 Å². The second-order valence-electron chi connectivity index (χ2n) is 8.08. The second-order valence-corrected chi connectivity index (χ2v) is 9.84. The predicted octanol–water partition coefficient (Wildman–Crippen LogP) is 1.20. The average Bonchev–Trinajstić information content (AvgIpc) is 3.19. The van der Waals surface area contributed by atoms with Gasteiger partial charge in [-0.05, 0) is 67.7 Å². The van der Waals surface area contributed by atoms with Crippen molar-refractivity contribution >= 4 is 15.9 Å². The molecule has 2 aliphatic carbocycles. The Morgan fingerprint density at radius 2 is 2.00 bits per heavy atom. The summed E-state index contributed by atoms with van der Waals surface area (Å²) in [6, 6.07) is 4.96. The van der Waals surface area contributed by atoms with Crippen molar-refractivity contribution < 1.29 is 18.3 Å². The normalized spacial score (nSPS) is 32.4. The standard InChI is InChI=1S/C19H26N2O4S/c1-11-3-4-15(7-12(11)2)26(24,25)20-6-5-17(22)21-10-14-8-13-9-16(14)18(21)19(13)23/h3-4,7,13-14,16,18-20,23H,5-6,8-10H2,1-2H3/t13-,14-,16+,18-,19+/m0/s1. The molecule has 4 rings (SSSR count). The fraction of sp³-hybridized carbons (Fsp3) is 0.632. The Labute approximate surface area is 154 Å². The van der Waals surface area contributed by atoms with Crippen molar-refractivity contribution in [1.29, 1.82) is 0 Å². The van der Waals surface area contributed by atoms with E-state index >= 15 is 0 Å². The molecular weight excluding hydrogens is 352 g/mol. The van der Waals surface area contributed by atoms with Crippen molar-refractivity contribution in [3.8, 4) is 0 Å². The van der Waals surface area contributed by atoms with Gasteiger partial charge in [0.2, 0.25) is 15.9 Å². The maximum absolute atomic E-state index is 12.6. The monoisotopic (exact) mass is 378 g/mol. The summed E-state index contributed by atoms with van der Waals surface area (Å²) in [7, 11) is -3.62. The third kappa shape index (κ3) is 2.86. The number of carbonyl (C=O) groups excluding carboxylic acids is 1. The summed E-state index contributed by atoms with van der Waals surface area (Å²) in [6.07, 6.45) is 1.76. The first-order valence-corrected chi connectivity index (χ1v) is 10.8. The average molecular weight is 378 g/mol. The van der Waals surface area contributed by atoms with Crippen LogP contribution in [0.15, 0.2) is 23.1 Å². The largest absolute Gasteiger partial charge is 0.391 e. The van der Waals surface area contributed by atoms with E-state index < -0.39 is 16.1 Å². The molecule has 26 heavy (non-hydrogen) atoms. The second kappa shape index (κ2) is 6.32. The fourth-order valence-corrected chi connectivity index (χ4v) is 6.22. The molecule has 2 bridgehead atoms. The molecule has 3 fully saturated rings. The third-order valence-electron chi connectivity index (χ3n) is 6.59. The molecule has 2 N–H and O–H groups in total. The number of carbonyl (C=O) groups is 1. The molecular formula is C19H26N2O4S. The lowest BCUT2D eigenvalue weighted by molar-refractivity contribution is -0.133. The van der Waals surface area contributed by atoms with Gasteiger partial charge in [0.25, 0.3) is 0 Å². The molecule has 0 spiro atoms. The van der Waals surface area contributed by atoms with E-state index in [1.807, 2.05) is 13.8 Å². The molecule has 1 aromatic rings. The Balaban J connectivity index is 1.36. The zero-order valence-electron chi connectivity index (χ0n) is 15.2. The minimum absolute atomic E-state index is 0.0531. The van der Waals surface area contributed by atoms with Crippen molar-refractivity contribution in [2.45, 2.75) is 50.2 Å². The van der Waals surface area contributed by atoms with Gasteiger partial charge in [0.05, 0.1) is 17.0 Å². The van der Waals surface area contributed by atoms with Crippen molar-refractivity contribution in [1.82, 2.24) is 9.62 Å². The number of aliphatic hydroxyl groups excluding tert-OH is 1. The summed E-state index contributed by atoms with van der Waals surface area (Å²) >= 11 is 0. The van der Waals surface area contributed by atoms with E-state index in [0.29, 0.717) is 24.3 Å². The van der Waals surface area contributed by atoms with Crippen molar-refractivity contribution in [3.63, 3.8) is 0 Å². The van der Waals surface area contributed by atoms with E-state index in [-0.39, 0.29) is 29.8 Å². The summed E-state index contributed by atoms with van der Waals surface area (Å²) in [5.41, 5.74) is 1.96. The lowest BCUT2D eigenvalue weighted by atomic mass is 9.88. The highest BCUT2D eigenvalue weighted by Crippen LogP contribution is 2.54. The maximum Gasteiger partial charge on any atom is 0.240 e. The van der Waals surface area contributed by atoms with Crippen LogP contribution in [-0.2, 0) is 14.8 Å². The highest BCUT2D eigenvalue weighted by molar-refractivity contribution is 7.89. The molecule has 1 heterocycles. The molecule has 1 aromatic carbocycles. The summed E-state index contributed by atoms with van der Waals surface area (Å²) in [6.45, 7) is 4.60. The van der Waals surface area contributed by atoms with E-state index in [2.05, 4.69) is 4.72 Å². The number of nitrogens with one attached hydrogen (secondary N) is 1. The van der Waals surface area contributed by atoms with E-state index in [1.54, 1.807) is 23.1 Å². The Hall–Kier alpha value is -1.44. The van der Waals surface area contributed by atoms with Gasteiger partial charge in [-0.25, -0.2) is 13.1 Å². The predicted molar refractivity (Wildman–Crippen MR) is 96.9 cm³/mol. The van der Waals surface area contributed by atoms with Crippen LogP contribution in [-0.4, -0.2) is 49.6 Å². The lowest BCUT2D eigenvalue weighted by Crippen LogP contribution is -2.44. The van der Waals surface area contributed by atoms with Crippen LogP contribution in [0.2, 0.25) is 0 Å². The number of hydrogen-bond acceptors (Lipinski definition) is 4. The number of hydrogen-bond donors (Lipinski definition) is 2. The van der Waals surface area contributed by atoms with Crippen LogP contribution in [0.3, 0.4) is 0 Å². The molecule has 0 unspecified atom stereocenters. The summed E-state index contributed by atoms with van der Waals surface area (Å²) in [5.74, 6) is 1.23. The highest BCUT2D eigenvalue weighted by atomic mass is 32.2. The van der Waals surface area contributed by atoms with Gasteiger partial charge in [0.1, 0.15) is 0 Å². The number of sulfonamides is 1. The number of aryl methyl sites for hydroxylation is 2. The fourth-order valence-electron chi connectivity index (χ4n) is 5.10. The molecule has 0 aromatic heterocycles. The Morgan fingerprint density at radius 3 is 2.69 bits per heavy atom. The van der Waals surface area contributed by atoms with Gasteiger partial charge in [-0.15, -0.1) is 0 Å². The van der Waals surface area contributed by atoms with Crippen molar-refractivity contribution in [3.05, 3.63) is 29.3 Å². The Bertz CT molecular complexity index is 836. The van der Waals surface area contributed by atoms with Crippen LogP contribution in [0.4, 0.5) is 0 Å². The molecule has 6 nitrogen and oxygen atoms in total. The van der Waals surface area contributed by atoms with Gasteiger partial charge >= 0.3 is 0 Å². The zero-order chi connectivity index (χ0) is 18.6. The smallest absolute Gasteiger partial charge is 0.240 e.